The average Bonchev–Trinajstić information content (AvgIpc) is 3.38. The molecule has 0 aromatic carbocycles. The van der Waals surface area contributed by atoms with Crippen molar-refractivity contribution in [3.05, 3.63) is 67.0 Å². The number of hydrogen-bond donors (Lipinski definition) is 1. The highest BCUT2D eigenvalue weighted by molar-refractivity contribution is 5.87. The van der Waals surface area contributed by atoms with E-state index in [1.54, 1.807) is 24.8 Å². The van der Waals surface area contributed by atoms with E-state index in [9.17, 15) is 0 Å². The third-order valence-electron chi connectivity index (χ3n) is 4.98. The minimum Gasteiger partial charge on any atom is -0.339 e. The van der Waals surface area contributed by atoms with Gasteiger partial charge in [0.2, 0.25) is 0 Å². The Bertz CT molecular complexity index is 1300. The van der Waals surface area contributed by atoms with Crippen LogP contribution in [0.3, 0.4) is 0 Å². The molecule has 142 valence electrons. The number of hydrogen-bond acceptors (Lipinski definition) is 5. The zero-order chi connectivity index (χ0) is 19.8. The van der Waals surface area contributed by atoms with Crippen LogP contribution in [0.2, 0.25) is 0 Å². The second-order valence-electron chi connectivity index (χ2n) is 6.86. The molecule has 0 saturated heterocycles. The lowest BCUT2D eigenvalue weighted by atomic mass is 10.1. The summed E-state index contributed by atoms with van der Waals surface area (Å²) in [5, 5.41) is 5.75. The van der Waals surface area contributed by atoms with Crippen molar-refractivity contribution in [3.8, 4) is 33.9 Å². The van der Waals surface area contributed by atoms with Crippen LogP contribution in [0, 0.1) is 6.92 Å². The van der Waals surface area contributed by atoms with Crippen LogP contribution in [-0.4, -0.2) is 34.7 Å². The molecule has 5 heterocycles. The van der Waals surface area contributed by atoms with Gasteiger partial charge in [-0.15, -0.1) is 0 Å². The quantitative estimate of drug-likeness (QED) is 0.502. The van der Waals surface area contributed by atoms with Crippen molar-refractivity contribution < 1.29 is 0 Å². The molecule has 0 bridgehead atoms. The van der Waals surface area contributed by atoms with E-state index in [1.807, 2.05) is 29.2 Å². The second kappa shape index (κ2) is 6.94. The number of pyridine rings is 2. The van der Waals surface area contributed by atoms with Crippen molar-refractivity contribution in [3.63, 3.8) is 0 Å². The molecule has 0 aliphatic carbocycles. The Labute approximate surface area is 167 Å². The number of aryl methyl sites for hydroxylation is 2. The van der Waals surface area contributed by atoms with Crippen LogP contribution in [0.5, 0.6) is 0 Å². The number of fused-ring (bicyclic) bond motifs is 1. The Hall–Kier alpha value is -3.87. The predicted molar refractivity (Wildman–Crippen MR) is 112 cm³/mol. The van der Waals surface area contributed by atoms with E-state index < -0.39 is 0 Å². The maximum atomic E-state index is 4.69. The maximum absolute atomic E-state index is 4.69. The lowest BCUT2D eigenvalue weighted by Crippen LogP contribution is -1.99. The fraction of sp³-hybridized carbons (Fsp3) is 0.136. The van der Waals surface area contributed by atoms with Gasteiger partial charge < -0.3 is 4.98 Å². The van der Waals surface area contributed by atoms with Crippen LogP contribution in [0.15, 0.2) is 61.4 Å². The van der Waals surface area contributed by atoms with Gasteiger partial charge in [-0.1, -0.05) is 0 Å². The summed E-state index contributed by atoms with van der Waals surface area (Å²) in [6.45, 7) is 4.88. The molecule has 0 amide bonds. The summed E-state index contributed by atoms with van der Waals surface area (Å²) in [5.74, 6) is 0. The van der Waals surface area contributed by atoms with Gasteiger partial charge in [0.1, 0.15) is 17.0 Å². The van der Waals surface area contributed by atoms with Crippen LogP contribution < -0.4 is 0 Å². The molecule has 0 atom stereocenters. The summed E-state index contributed by atoms with van der Waals surface area (Å²) < 4.78 is 1.97. The Balaban J connectivity index is 1.59. The Morgan fingerprint density at radius 1 is 0.931 bits per heavy atom. The van der Waals surface area contributed by atoms with E-state index in [2.05, 4.69) is 50.9 Å². The van der Waals surface area contributed by atoms with E-state index in [4.69, 9.17) is 5.10 Å². The maximum Gasteiger partial charge on any atom is 0.137 e. The molecule has 0 unspecified atom stereocenters. The van der Waals surface area contributed by atoms with Gasteiger partial charge in [0, 0.05) is 59.7 Å². The first-order valence-corrected chi connectivity index (χ1v) is 9.47. The minimum atomic E-state index is 0.752. The van der Waals surface area contributed by atoms with Crippen LogP contribution in [0.4, 0.5) is 0 Å². The number of nitrogens with one attached hydrogen (secondary N) is 1. The van der Waals surface area contributed by atoms with Gasteiger partial charge in [0.25, 0.3) is 0 Å². The third kappa shape index (κ3) is 3.06. The number of H-pyrrole nitrogens is 1. The van der Waals surface area contributed by atoms with Gasteiger partial charge in [0.15, 0.2) is 0 Å². The lowest BCUT2D eigenvalue weighted by Gasteiger charge is -2.04. The number of rotatable bonds is 4. The van der Waals surface area contributed by atoms with Gasteiger partial charge in [-0.05, 0) is 43.7 Å². The standard InChI is InChI=1S/C22H19N7/c1-3-29-21(10-19(28-29)20-13-24-6-7-25-20)16-8-15-9-18(27-22(15)26-12-16)17-4-5-23-11-14(17)2/h4-13H,3H2,1-2H3,(H,26,27). The van der Waals surface area contributed by atoms with Crippen LogP contribution >= 0.6 is 0 Å². The van der Waals surface area contributed by atoms with Crippen LogP contribution in [0.25, 0.3) is 44.9 Å². The van der Waals surface area contributed by atoms with E-state index in [-0.39, 0.29) is 0 Å². The summed E-state index contributed by atoms with van der Waals surface area (Å²) in [4.78, 5) is 20.7. The second-order valence-corrected chi connectivity index (χ2v) is 6.86. The zero-order valence-electron chi connectivity index (χ0n) is 16.2. The van der Waals surface area contributed by atoms with E-state index in [0.29, 0.717) is 0 Å². The molecule has 0 aliphatic rings. The molecule has 0 saturated carbocycles. The van der Waals surface area contributed by atoms with Gasteiger partial charge in [-0.2, -0.15) is 5.10 Å². The molecular weight excluding hydrogens is 362 g/mol. The number of aromatic amines is 1. The Morgan fingerprint density at radius 3 is 2.62 bits per heavy atom. The van der Waals surface area contributed by atoms with Gasteiger partial charge in [-0.25, -0.2) is 4.98 Å². The van der Waals surface area contributed by atoms with Crippen molar-refractivity contribution in [2.75, 3.05) is 0 Å². The summed E-state index contributed by atoms with van der Waals surface area (Å²) in [7, 11) is 0. The topological polar surface area (TPSA) is 85.2 Å². The van der Waals surface area contributed by atoms with Gasteiger partial charge in [0.05, 0.1) is 11.9 Å². The fourth-order valence-electron chi connectivity index (χ4n) is 3.52. The molecule has 29 heavy (non-hydrogen) atoms. The number of aromatic nitrogens is 7. The van der Waals surface area contributed by atoms with Gasteiger partial charge in [-0.3, -0.25) is 19.6 Å². The van der Waals surface area contributed by atoms with Crippen molar-refractivity contribution in [2.24, 2.45) is 0 Å². The van der Waals surface area contributed by atoms with Crippen molar-refractivity contribution >= 4 is 11.0 Å². The SMILES string of the molecule is CCn1nc(-c2cnccn2)cc1-c1cnc2[nH]c(-c3ccncc3C)cc2c1. The fourth-order valence-corrected chi connectivity index (χ4v) is 3.52. The molecule has 5 rings (SSSR count). The summed E-state index contributed by atoms with van der Waals surface area (Å²) >= 11 is 0. The first-order valence-electron chi connectivity index (χ1n) is 9.47. The molecule has 5 aromatic rings. The first kappa shape index (κ1) is 17.2. The molecule has 0 aliphatic heterocycles. The molecule has 1 N–H and O–H groups in total. The minimum absolute atomic E-state index is 0.752. The third-order valence-corrected chi connectivity index (χ3v) is 4.98. The van der Waals surface area contributed by atoms with Crippen molar-refractivity contribution in [1.82, 2.24) is 34.7 Å². The molecule has 0 spiro atoms. The highest BCUT2D eigenvalue weighted by Crippen LogP contribution is 2.30. The normalized spacial score (nSPS) is 11.2. The van der Waals surface area contributed by atoms with Crippen LogP contribution in [-0.2, 0) is 6.54 Å². The van der Waals surface area contributed by atoms with E-state index in [0.717, 1.165) is 57.0 Å². The summed E-state index contributed by atoms with van der Waals surface area (Å²) in [5.41, 5.74) is 7.72. The summed E-state index contributed by atoms with van der Waals surface area (Å²) in [6, 6.07) is 8.32. The smallest absolute Gasteiger partial charge is 0.137 e. The molecule has 0 fully saturated rings. The average molecular weight is 381 g/mol. The molecule has 7 nitrogen and oxygen atoms in total. The van der Waals surface area contributed by atoms with E-state index >= 15 is 0 Å². The largest absolute Gasteiger partial charge is 0.339 e. The predicted octanol–water partition coefficient (Wildman–Crippen LogP) is 4.27. The highest BCUT2D eigenvalue weighted by Gasteiger charge is 2.14. The lowest BCUT2D eigenvalue weighted by molar-refractivity contribution is 0.669. The van der Waals surface area contributed by atoms with Crippen molar-refractivity contribution in [1.29, 1.82) is 0 Å². The zero-order valence-corrected chi connectivity index (χ0v) is 16.2. The molecule has 7 heteroatoms. The molecule has 0 radical (unpaired) electrons. The summed E-state index contributed by atoms with van der Waals surface area (Å²) in [6.07, 6.45) is 10.6. The number of nitrogens with zero attached hydrogens (tertiary/aromatic N) is 6. The monoisotopic (exact) mass is 381 g/mol. The van der Waals surface area contributed by atoms with Crippen molar-refractivity contribution in [2.45, 2.75) is 20.4 Å². The van der Waals surface area contributed by atoms with E-state index in [1.165, 1.54) is 0 Å². The Kier molecular flexibility index (Phi) is 4.13. The van der Waals surface area contributed by atoms with Crippen LogP contribution in [0.1, 0.15) is 12.5 Å². The molecule has 5 aromatic heterocycles. The molecular formula is C22H19N7. The van der Waals surface area contributed by atoms with Gasteiger partial charge >= 0.3 is 0 Å². The Morgan fingerprint density at radius 2 is 1.83 bits per heavy atom. The highest BCUT2D eigenvalue weighted by atomic mass is 15.3. The first-order chi connectivity index (χ1) is 14.2.